The Hall–Kier alpha value is -3.26. The molecule has 1 aliphatic rings. The van der Waals surface area contributed by atoms with Crippen LogP contribution in [0.3, 0.4) is 0 Å². The van der Waals surface area contributed by atoms with Crippen LogP contribution >= 0.6 is 0 Å². The molecule has 0 atom stereocenters. The number of imidazole rings is 1. The van der Waals surface area contributed by atoms with Gasteiger partial charge in [-0.15, -0.1) is 0 Å². The first-order chi connectivity index (χ1) is 14.1. The average Bonchev–Trinajstić information content (AvgIpc) is 3.03. The third-order valence-corrected chi connectivity index (χ3v) is 5.34. The monoisotopic (exact) mass is 393 g/mol. The normalized spacial score (nSPS) is 15.9. The Morgan fingerprint density at radius 1 is 1.10 bits per heavy atom. The molecule has 0 saturated carbocycles. The van der Waals surface area contributed by atoms with Gasteiger partial charge in [-0.2, -0.15) is 4.98 Å². The highest BCUT2D eigenvalue weighted by atomic mass is 19.1. The number of pyridine rings is 2. The third kappa shape index (κ3) is 3.25. The first-order valence-corrected chi connectivity index (χ1v) is 9.60. The highest BCUT2D eigenvalue weighted by molar-refractivity contribution is 5.80. The van der Waals surface area contributed by atoms with Crippen LogP contribution in [0.4, 0.5) is 10.2 Å². The minimum absolute atomic E-state index is 0.168. The van der Waals surface area contributed by atoms with E-state index in [4.69, 9.17) is 4.42 Å². The minimum Gasteiger partial charge on any atom is -0.403 e. The van der Waals surface area contributed by atoms with Crippen LogP contribution in [0.15, 0.2) is 51.9 Å². The van der Waals surface area contributed by atoms with E-state index in [1.807, 2.05) is 12.1 Å². The van der Waals surface area contributed by atoms with Gasteiger partial charge in [0.2, 0.25) is 5.71 Å². The van der Waals surface area contributed by atoms with Gasteiger partial charge in [0.25, 0.3) is 0 Å². The fourth-order valence-corrected chi connectivity index (χ4v) is 3.73. The highest BCUT2D eigenvalue weighted by Crippen LogP contribution is 2.23. The van der Waals surface area contributed by atoms with E-state index in [1.54, 1.807) is 28.9 Å². The Bertz CT molecular complexity index is 1270. The molecule has 0 unspecified atom stereocenters. The number of likely N-dealkylation sites (N-methyl/N-ethyl adjacent to an activating group) is 1. The molecule has 0 aliphatic carbocycles. The van der Waals surface area contributed by atoms with Crippen molar-refractivity contribution in [1.82, 2.24) is 19.3 Å². The second-order valence-corrected chi connectivity index (χ2v) is 7.37. The van der Waals surface area contributed by atoms with Crippen LogP contribution in [0.1, 0.15) is 6.42 Å². The molecule has 0 radical (unpaired) electrons. The van der Waals surface area contributed by atoms with E-state index in [2.05, 4.69) is 26.8 Å². The fraction of sp³-hybridized carbons (Fsp3) is 0.286. The van der Waals surface area contributed by atoms with E-state index in [0.717, 1.165) is 38.4 Å². The van der Waals surface area contributed by atoms with Crippen LogP contribution in [-0.2, 0) is 0 Å². The van der Waals surface area contributed by atoms with Gasteiger partial charge in [-0.25, -0.2) is 14.2 Å². The van der Waals surface area contributed by atoms with Gasteiger partial charge < -0.3 is 18.6 Å². The number of hydrogen-bond donors (Lipinski definition) is 0. The molecule has 1 aliphatic heterocycles. The van der Waals surface area contributed by atoms with E-state index >= 15 is 0 Å². The van der Waals surface area contributed by atoms with Crippen LogP contribution < -0.4 is 10.5 Å². The van der Waals surface area contributed by atoms with Crippen molar-refractivity contribution in [3.05, 3.63) is 59.0 Å². The fourth-order valence-electron chi connectivity index (χ4n) is 3.73. The summed E-state index contributed by atoms with van der Waals surface area (Å²) < 4.78 is 21.0. The Kier molecular flexibility index (Phi) is 4.28. The minimum atomic E-state index is -0.540. The van der Waals surface area contributed by atoms with E-state index in [-0.39, 0.29) is 11.2 Å². The van der Waals surface area contributed by atoms with Gasteiger partial charge in [0.15, 0.2) is 11.5 Å². The molecule has 29 heavy (non-hydrogen) atoms. The molecule has 1 fully saturated rings. The average molecular weight is 393 g/mol. The Morgan fingerprint density at radius 2 is 2.00 bits per heavy atom. The largest absolute Gasteiger partial charge is 0.403 e. The van der Waals surface area contributed by atoms with Gasteiger partial charge >= 0.3 is 5.63 Å². The number of rotatable bonds is 2. The quantitative estimate of drug-likeness (QED) is 0.522. The molecule has 5 rings (SSSR count). The smallest absolute Gasteiger partial charge is 0.347 e. The number of fused-ring (bicyclic) bond motifs is 2. The second kappa shape index (κ2) is 6.97. The van der Waals surface area contributed by atoms with E-state index in [0.29, 0.717) is 16.8 Å². The zero-order valence-corrected chi connectivity index (χ0v) is 16.0. The van der Waals surface area contributed by atoms with Gasteiger partial charge in [-0.05, 0) is 50.3 Å². The molecule has 1 saturated heterocycles. The van der Waals surface area contributed by atoms with Crippen LogP contribution in [0.2, 0.25) is 0 Å². The maximum Gasteiger partial charge on any atom is 0.347 e. The summed E-state index contributed by atoms with van der Waals surface area (Å²) >= 11 is 0. The molecule has 7 nitrogen and oxygen atoms in total. The van der Waals surface area contributed by atoms with Crippen molar-refractivity contribution in [3.8, 4) is 11.3 Å². The summed E-state index contributed by atoms with van der Waals surface area (Å²) in [5, 5.41) is 0.702. The second-order valence-electron chi connectivity index (χ2n) is 7.37. The van der Waals surface area contributed by atoms with Crippen LogP contribution in [-0.4, -0.2) is 52.5 Å². The van der Waals surface area contributed by atoms with Crippen molar-refractivity contribution in [2.75, 3.05) is 38.1 Å². The summed E-state index contributed by atoms with van der Waals surface area (Å²) in [6, 6.07) is 8.47. The molecular formula is C21H20FN5O2. The number of nitrogens with zero attached hydrogens (tertiary/aromatic N) is 5. The predicted octanol–water partition coefficient (Wildman–Crippen LogP) is 2.78. The van der Waals surface area contributed by atoms with Gasteiger partial charge in [-0.3, -0.25) is 0 Å². The van der Waals surface area contributed by atoms with Crippen LogP contribution in [0.5, 0.6) is 0 Å². The Labute approximate surface area is 166 Å². The van der Waals surface area contributed by atoms with Crippen LogP contribution in [0.25, 0.3) is 28.0 Å². The van der Waals surface area contributed by atoms with Gasteiger partial charge in [0.05, 0.1) is 11.3 Å². The molecule has 4 aromatic rings. The molecule has 0 spiro atoms. The van der Waals surface area contributed by atoms with Gasteiger partial charge in [0, 0.05) is 37.4 Å². The maximum absolute atomic E-state index is 13.9. The van der Waals surface area contributed by atoms with Crippen LogP contribution in [0, 0.1) is 5.82 Å². The number of hydrogen-bond acceptors (Lipinski definition) is 6. The molecule has 148 valence electrons. The molecule has 0 amide bonds. The number of halogens is 1. The van der Waals surface area contributed by atoms with Gasteiger partial charge in [0.1, 0.15) is 5.82 Å². The molecule has 0 aromatic carbocycles. The summed E-state index contributed by atoms with van der Waals surface area (Å²) in [4.78, 5) is 25.9. The lowest BCUT2D eigenvalue weighted by atomic mass is 10.2. The zero-order valence-electron chi connectivity index (χ0n) is 16.0. The highest BCUT2D eigenvalue weighted by Gasteiger charge is 2.17. The first-order valence-electron chi connectivity index (χ1n) is 9.60. The van der Waals surface area contributed by atoms with Crippen molar-refractivity contribution in [2.24, 2.45) is 0 Å². The topological polar surface area (TPSA) is 66.9 Å². The summed E-state index contributed by atoms with van der Waals surface area (Å²) in [6.45, 7) is 3.82. The van der Waals surface area contributed by atoms with E-state index < -0.39 is 11.4 Å². The van der Waals surface area contributed by atoms with E-state index in [1.165, 1.54) is 6.07 Å². The summed E-state index contributed by atoms with van der Waals surface area (Å²) in [7, 11) is 2.11. The lowest BCUT2D eigenvalue weighted by Crippen LogP contribution is -2.29. The van der Waals surface area contributed by atoms with Crippen molar-refractivity contribution in [2.45, 2.75) is 6.42 Å². The van der Waals surface area contributed by atoms with Crippen molar-refractivity contribution < 1.29 is 8.81 Å². The summed E-state index contributed by atoms with van der Waals surface area (Å²) in [5.41, 5.74) is 0.573. The van der Waals surface area contributed by atoms with E-state index in [9.17, 15) is 9.18 Å². The third-order valence-electron chi connectivity index (χ3n) is 5.34. The molecular weight excluding hydrogens is 373 g/mol. The van der Waals surface area contributed by atoms with Crippen molar-refractivity contribution in [3.63, 3.8) is 0 Å². The van der Waals surface area contributed by atoms with Gasteiger partial charge in [-0.1, -0.05) is 0 Å². The standard InChI is InChI=1S/C21H20FN5O2/c1-25-7-3-9-26(11-10-25)18-6-5-14-12-15(21(28)29-20(14)24-18)17-13-27-8-2-4-16(22)19(27)23-17/h2,4-6,8,12-13H,3,7,9-11H2,1H3. The SMILES string of the molecule is CN1CCCN(c2ccc3cc(-c4cn5cccc(F)c5n4)c(=O)oc3n2)CC1. The Morgan fingerprint density at radius 3 is 2.86 bits per heavy atom. The molecule has 4 aromatic heterocycles. The zero-order chi connectivity index (χ0) is 20.0. The lowest BCUT2D eigenvalue weighted by molar-refractivity contribution is 0.360. The van der Waals surface area contributed by atoms with Crippen molar-refractivity contribution >= 4 is 22.6 Å². The first kappa shape index (κ1) is 17.8. The summed E-state index contributed by atoms with van der Waals surface area (Å²) in [6.07, 6.45) is 4.36. The Balaban J connectivity index is 1.54. The molecule has 8 heteroatoms. The predicted molar refractivity (Wildman–Crippen MR) is 109 cm³/mol. The molecule has 0 bridgehead atoms. The van der Waals surface area contributed by atoms with Crippen molar-refractivity contribution in [1.29, 1.82) is 0 Å². The molecule has 5 heterocycles. The lowest BCUT2D eigenvalue weighted by Gasteiger charge is -2.21. The number of aromatic nitrogens is 3. The summed E-state index contributed by atoms with van der Waals surface area (Å²) in [5.74, 6) is 0.358. The number of anilines is 1. The maximum atomic E-state index is 13.9. The molecule has 0 N–H and O–H groups in total.